The highest BCUT2D eigenvalue weighted by atomic mass is 35.5. The molecule has 0 aliphatic heterocycles. The van der Waals surface area contributed by atoms with Crippen molar-refractivity contribution in [2.45, 2.75) is 13.8 Å². The zero-order valence-corrected chi connectivity index (χ0v) is 10.5. The molecule has 2 nitrogen and oxygen atoms in total. The number of anilines is 1. The molecular weight excluding hydrogens is 231 g/mol. The zero-order chi connectivity index (χ0) is 11.5. The van der Waals surface area contributed by atoms with Crippen molar-refractivity contribution in [1.82, 2.24) is 0 Å². The number of nitrogens with two attached hydrogens (primary N) is 1. The van der Waals surface area contributed by atoms with E-state index in [-0.39, 0.29) is 5.41 Å². The van der Waals surface area contributed by atoms with E-state index in [1.165, 1.54) is 0 Å². The first-order valence-electron chi connectivity index (χ1n) is 4.83. The predicted molar refractivity (Wildman–Crippen MR) is 67.8 cm³/mol. The van der Waals surface area contributed by atoms with E-state index >= 15 is 0 Å². The third-order valence-corrected chi connectivity index (χ3v) is 2.79. The minimum absolute atomic E-state index is 0.0585. The predicted octanol–water partition coefficient (Wildman–Crippen LogP) is 3.39. The SMILES string of the molecule is CC(C)(CN)CNc1ccc(Cl)cc1Cl. The van der Waals surface area contributed by atoms with Crippen molar-refractivity contribution in [3.63, 3.8) is 0 Å². The van der Waals surface area contributed by atoms with Gasteiger partial charge < -0.3 is 11.1 Å². The lowest BCUT2D eigenvalue weighted by Gasteiger charge is -2.23. The molecule has 1 aromatic rings. The maximum atomic E-state index is 6.02. The molecule has 0 aromatic heterocycles. The molecule has 1 aromatic carbocycles. The van der Waals surface area contributed by atoms with Crippen molar-refractivity contribution in [2.24, 2.45) is 11.1 Å². The Kier molecular flexibility index (Phi) is 4.26. The third-order valence-electron chi connectivity index (χ3n) is 2.24. The largest absolute Gasteiger partial charge is 0.383 e. The molecule has 0 amide bonds. The summed E-state index contributed by atoms with van der Waals surface area (Å²) in [6.07, 6.45) is 0. The molecule has 0 saturated carbocycles. The van der Waals surface area contributed by atoms with Crippen LogP contribution in [-0.2, 0) is 0 Å². The quantitative estimate of drug-likeness (QED) is 0.855. The van der Waals surface area contributed by atoms with Crippen molar-refractivity contribution in [2.75, 3.05) is 18.4 Å². The van der Waals surface area contributed by atoms with Gasteiger partial charge in [-0.1, -0.05) is 37.0 Å². The van der Waals surface area contributed by atoms with Crippen LogP contribution in [0, 0.1) is 5.41 Å². The van der Waals surface area contributed by atoms with Gasteiger partial charge in [-0.3, -0.25) is 0 Å². The standard InChI is InChI=1S/C11H16Cl2N2/c1-11(2,6-14)7-15-10-4-3-8(12)5-9(10)13/h3-5,15H,6-7,14H2,1-2H3. The van der Waals surface area contributed by atoms with Crippen LogP contribution in [0.15, 0.2) is 18.2 Å². The summed E-state index contributed by atoms with van der Waals surface area (Å²) in [6.45, 7) is 5.61. The van der Waals surface area contributed by atoms with Gasteiger partial charge in [0.25, 0.3) is 0 Å². The van der Waals surface area contributed by atoms with Crippen molar-refractivity contribution in [3.05, 3.63) is 28.2 Å². The lowest BCUT2D eigenvalue weighted by molar-refractivity contribution is 0.406. The molecule has 0 radical (unpaired) electrons. The van der Waals surface area contributed by atoms with Crippen molar-refractivity contribution in [3.8, 4) is 0 Å². The number of rotatable bonds is 4. The number of hydrogen-bond acceptors (Lipinski definition) is 2. The van der Waals surface area contributed by atoms with Crippen molar-refractivity contribution in [1.29, 1.82) is 0 Å². The molecule has 4 heteroatoms. The molecule has 0 unspecified atom stereocenters. The van der Waals surface area contributed by atoms with Gasteiger partial charge in [0.05, 0.1) is 10.7 Å². The molecule has 1 rings (SSSR count). The Hall–Kier alpha value is -0.440. The van der Waals surface area contributed by atoms with E-state index in [4.69, 9.17) is 28.9 Å². The lowest BCUT2D eigenvalue weighted by atomic mass is 9.94. The van der Waals surface area contributed by atoms with Gasteiger partial charge >= 0.3 is 0 Å². The summed E-state index contributed by atoms with van der Waals surface area (Å²) >= 11 is 11.8. The fourth-order valence-corrected chi connectivity index (χ4v) is 1.51. The van der Waals surface area contributed by atoms with Crippen LogP contribution in [-0.4, -0.2) is 13.1 Å². The molecule has 84 valence electrons. The second-order valence-electron chi connectivity index (χ2n) is 4.35. The van der Waals surface area contributed by atoms with Crippen LogP contribution in [0.5, 0.6) is 0 Å². The van der Waals surface area contributed by atoms with Gasteiger partial charge in [0.1, 0.15) is 0 Å². The van der Waals surface area contributed by atoms with E-state index in [9.17, 15) is 0 Å². The highest BCUT2D eigenvalue weighted by Crippen LogP contribution is 2.26. The summed E-state index contributed by atoms with van der Waals surface area (Å²) in [5.74, 6) is 0. The van der Waals surface area contributed by atoms with Gasteiger partial charge in [0, 0.05) is 11.6 Å². The zero-order valence-electron chi connectivity index (χ0n) is 8.98. The van der Waals surface area contributed by atoms with Crippen LogP contribution in [0.1, 0.15) is 13.8 Å². The van der Waals surface area contributed by atoms with E-state index in [1.54, 1.807) is 6.07 Å². The summed E-state index contributed by atoms with van der Waals surface area (Å²) < 4.78 is 0. The molecule has 0 saturated heterocycles. The Balaban J connectivity index is 2.66. The second kappa shape index (κ2) is 5.06. The van der Waals surface area contributed by atoms with Crippen LogP contribution >= 0.6 is 23.2 Å². The molecule has 3 N–H and O–H groups in total. The summed E-state index contributed by atoms with van der Waals surface area (Å²) in [5.41, 5.74) is 6.59. The molecule has 0 bridgehead atoms. The third kappa shape index (κ3) is 3.90. The Morgan fingerprint density at radius 3 is 2.53 bits per heavy atom. The minimum Gasteiger partial charge on any atom is -0.383 e. The highest BCUT2D eigenvalue weighted by molar-refractivity contribution is 6.36. The number of halogens is 2. The first-order valence-corrected chi connectivity index (χ1v) is 5.59. The highest BCUT2D eigenvalue weighted by Gasteiger charge is 2.15. The summed E-state index contributed by atoms with van der Waals surface area (Å²) in [4.78, 5) is 0. The lowest BCUT2D eigenvalue weighted by Crippen LogP contribution is -2.31. The van der Waals surface area contributed by atoms with Crippen LogP contribution < -0.4 is 11.1 Å². The fraction of sp³-hybridized carbons (Fsp3) is 0.455. The van der Waals surface area contributed by atoms with Gasteiger partial charge in [-0.25, -0.2) is 0 Å². The van der Waals surface area contributed by atoms with Crippen molar-refractivity contribution < 1.29 is 0 Å². The Bertz CT molecular complexity index is 337. The van der Waals surface area contributed by atoms with Crippen LogP contribution in [0.2, 0.25) is 10.0 Å². The van der Waals surface area contributed by atoms with Gasteiger partial charge in [-0.05, 0) is 30.2 Å². The van der Waals surface area contributed by atoms with Crippen LogP contribution in [0.25, 0.3) is 0 Å². The smallest absolute Gasteiger partial charge is 0.0652 e. The maximum absolute atomic E-state index is 6.02. The molecule has 0 fully saturated rings. The molecule has 0 spiro atoms. The molecular formula is C11H16Cl2N2. The first kappa shape index (κ1) is 12.6. The number of nitrogens with one attached hydrogen (secondary N) is 1. The molecule has 0 aliphatic carbocycles. The maximum Gasteiger partial charge on any atom is 0.0652 e. The topological polar surface area (TPSA) is 38.0 Å². The normalized spacial score (nSPS) is 11.5. The van der Waals surface area contributed by atoms with Crippen molar-refractivity contribution >= 4 is 28.9 Å². The average Bonchev–Trinajstić information content (AvgIpc) is 2.16. The Morgan fingerprint density at radius 1 is 1.33 bits per heavy atom. The fourth-order valence-electron chi connectivity index (χ4n) is 1.04. The number of benzene rings is 1. The second-order valence-corrected chi connectivity index (χ2v) is 5.19. The molecule has 0 aliphatic rings. The molecule has 15 heavy (non-hydrogen) atoms. The number of hydrogen-bond donors (Lipinski definition) is 2. The van der Waals surface area contributed by atoms with Gasteiger partial charge in [0.2, 0.25) is 0 Å². The first-order chi connectivity index (χ1) is 6.94. The van der Waals surface area contributed by atoms with E-state index in [0.29, 0.717) is 16.6 Å². The Morgan fingerprint density at radius 2 is 2.00 bits per heavy atom. The van der Waals surface area contributed by atoms with E-state index in [0.717, 1.165) is 12.2 Å². The summed E-state index contributed by atoms with van der Waals surface area (Å²) in [6, 6.07) is 5.41. The minimum atomic E-state index is 0.0585. The van der Waals surface area contributed by atoms with Gasteiger partial charge in [0.15, 0.2) is 0 Å². The van der Waals surface area contributed by atoms with Crippen LogP contribution in [0.4, 0.5) is 5.69 Å². The Labute approximate surface area is 101 Å². The van der Waals surface area contributed by atoms with E-state index < -0.39 is 0 Å². The summed E-state index contributed by atoms with van der Waals surface area (Å²) in [5, 5.41) is 4.54. The van der Waals surface area contributed by atoms with Gasteiger partial charge in [-0.15, -0.1) is 0 Å². The average molecular weight is 247 g/mol. The van der Waals surface area contributed by atoms with Gasteiger partial charge in [-0.2, -0.15) is 0 Å². The van der Waals surface area contributed by atoms with Crippen LogP contribution in [0.3, 0.4) is 0 Å². The molecule has 0 atom stereocenters. The van der Waals surface area contributed by atoms with E-state index in [1.807, 2.05) is 12.1 Å². The summed E-state index contributed by atoms with van der Waals surface area (Å²) in [7, 11) is 0. The van der Waals surface area contributed by atoms with E-state index in [2.05, 4.69) is 19.2 Å². The monoisotopic (exact) mass is 246 g/mol. The molecule has 0 heterocycles.